The maximum Gasteiger partial charge on any atom is 0.416 e. The van der Waals surface area contributed by atoms with E-state index in [1.54, 1.807) is 31.2 Å². The number of carbonyl (C=O) groups is 2. The summed E-state index contributed by atoms with van der Waals surface area (Å²) in [6.07, 6.45) is -4.67. The van der Waals surface area contributed by atoms with Gasteiger partial charge in [0.15, 0.2) is 0 Å². The predicted octanol–water partition coefficient (Wildman–Crippen LogP) is 3.79. The van der Waals surface area contributed by atoms with Crippen molar-refractivity contribution in [3.8, 4) is 0 Å². The zero-order valence-electron chi connectivity index (χ0n) is 17.4. The summed E-state index contributed by atoms with van der Waals surface area (Å²) in [7, 11) is 0. The third kappa shape index (κ3) is 4.87. The summed E-state index contributed by atoms with van der Waals surface area (Å²) in [4.78, 5) is 46.6. The lowest BCUT2D eigenvalue weighted by atomic mass is 10.1. The zero-order chi connectivity index (χ0) is 23.8. The van der Waals surface area contributed by atoms with Crippen molar-refractivity contribution in [1.29, 1.82) is 0 Å². The lowest BCUT2D eigenvalue weighted by Gasteiger charge is -2.27. The highest BCUT2D eigenvalue weighted by molar-refractivity contribution is 8.01. The number of amides is 2. The molecular formula is C22H19F3N4O3S. The molecule has 1 aromatic heterocycles. The number of hydrogen-bond donors (Lipinski definition) is 2. The van der Waals surface area contributed by atoms with E-state index in [4.69, 9.17) is 0 Å². The number of halogens is 3. The van der Waals surface area contributed by atoms with Gasteiger partial charge in [0, 0.05) is 17.9 Å². The van der Waals surface area contributed by atoms with Crippen molar-refractivity contribution in [1.82, 2.24) is 14.9 Å². The molecule has 0 radical (unpaired) electrons. The number of para-hydroxylation sites is 1. The van der Waals surface area contributed by atoms with Crippen LogP contribution in [0.5, 0.6) is 0 Å². The average molecular weight is 476 g/mol. The number of thioether (sulfide) groups is 1. The molecule has 11 heteroatoms. The van der Waals surface area contributed by atoms with E-state index in [0.29, 0.717) is 28.2 Å². The normalized spacial score (nSPS) is 15.8. The Labute approximate surface area is 190 Å². The largest absolute Gasteiger partial charge is 0.416 e. The second-order valence-corrected chi connectivity index (χ2v) is 8.69. The van der Waals surface area contributed by atoms with Gasteiger partial charge in [0.05, 0.1) is 33.9 Å². The topological polar surface area (TPSA) is 95.2 Å². The first-order valence-corrected chi connectivity index (χ1v) is 11.0. The first kappa shape index (κ1) is 22.8. The summed E-state index contributed by atoms with van der Waals surface area (Å²) in [5.41, 5.74) is -0.576. The Hall–Kier alpha value is -3.34. The Morgan fingerprint density at radius 3 is 2.67 bits per heavy atom. The molecule has 1 unspecified atom stereocenters. The van der Waals surface area contributed by atoms with Crippen molar-refractivity contribution in [3.05, 3.63) is 64.2 Å². The number of nitrogens with one attached hydrogen (secondary N) is 2. The number of nitrogens with zero attached hydrogens (tertiary/aromatic N) is 2. The SMILES string of the molecule is CCN(Cc1nc2ccccc2c(=O)[nH]1)C(=O)CC1Sc2ccc(C(F)(F)F)cc2NC1=O. The molecule has 1 atom stereocenters. The van der Waals surface area contributed by atoms with Crippen LogP contribution in [0.25, 0.3) is 10.9 Å². The third-order valence-corrected chi connectivity index (χ3v) is 6.50. The van der Waals surface area contributed by atoms with Gasteiger partial charge in [-0.1, -0.05) is 12.1 Å². The van der Waals surface area contributed by atoms with Crippen LogP contribution >= 0.6 is 11.8 Å². The molecule has 0 fully saturated rings. The fraction of sp³-hybridized carbons (Fsp3) is 0.273. The summed E-state index contributed by atoms with van der Waals surface area (Å²) in [5.74, 6) is -0.551. The highest BCUT2D eigenvalue weighted by Gasteiger charge is 2.34. The van der Waals surface area contributed by atoms with Gasteiger partial charge in [0.25, 0.3) is 5.56 Å². The van der Waals surface area contributed by atoms with Crippen LogP contribution < -0.4 is 10.9 Å². The fourth-order valence-corrected chi connectivity index (χ4v) is 4.60. The number of hydrogen-bond acceptors (Lipinski definition) is 5. The molecule has 1 aliphatic rings. The van der Waals surface area contributed by atoms with Gasteiger partial charge in [0.1, 0.15) is 5.82 Å². The molecule has 2 N–H and O–H groups in total. The Kier molecular flexibility index (Phi) is 6.15. The van der Waals surface area contributed by atoms with Crippen LogP contribution in [-0.2, 0) is 22.3 Å². The molecule has 0 saturated heterocycles. The fourth-order valence-electron chi connectivity index (χ4n) is 3.52. The predicted molar refractivity (Wildman–Crippen MR) is 118 cm³/mol. The number of carbonyl (C=O) groups excluding carboxylic acids is 2. The van der Waals surface area contributed by atoms with Gasteiger partial charge < -0.3 is 15.2 Å². The molecule has 3 aromatic rings. The van der Waals surface area contributed by atoms with Gasteiger partial charge in [-0.25, -0.2) is 4.98 Å². The van der Waals surface area contributed by atoms with Crippen molar-refractivity contribution in [2.75, 3.05) is 11.9 Å². The highest BCUT2D eigenvalue weighted by Crippen LogP contribution is 2.40. The van der Waals surface area contributed by atoms with E-state index in [9.17, 15) is 27.6 Å². The quantitative estimate of drug-likeness (QED) is 0.584. The van der Waals surface area contributed by atoms with Gasteiger partial charge in [-0.05, 0) is 37.3 Å². The molecule has 7 nitrogen and oxygen atoms in total. The van der Waals surface area contributed by atoms with Crippen LogP contribution in [0, 0.1) is 0 Å². The van der Waals surface area contributed by atoms with E-state index in [2.05, 4.69) is 15.3 Å². The molecule has 0 saturated carbocycles. The Morgan fingerprint density at radius 1 is 1.18 bits per heavy atom. The minimum atomic E-state index is -4.52. The smallest absolute Gasteiger partial charge is 0.335 e. The first-order valence-electron chi connectivity index (χ1n) is 10.1. The molecule has 0 bridgehead atoms. The number of benzene rings is 2. The Bertz CT molecular complexity index is 1290. The van der Waals surface area contributed by atoms with Crippen LogP contribution in [0.1, 0.15) is 24.7 Å². The number of H-pyrrole nitrogens is 1. The number of anilines is 1. The summed E-state index contributed by atoms with van der Waals surface area (Å²) in [5, 5.41) is 2.12. The van der Waals surface area contributed by atoms with Crippen LogP contribution in [0.2, 0.25) is 0 Å². The number of alkyl halides is 3. The van der Waals surface area contributed by atoms with Gasteiger partial charge >= 0.3 is 6.18 Å². The van der Waals surface area contributed by atoms with Crippen molar-refractivity contribution in [2.45, 2.75) is 36.2 Å². The monoisotopic (exact) mass is 476 g/mol. The van der Waals surface area contributed by atoms with Gasteiger partial charge in [-0.3, -0.25) is 14.4 Å². The highest BCUT2D eigenvalue weighted by atomic mass is 32.2. The Balaban J connectivity index is 1.48. The standard InChI is InChI=1S/C22H19F3N4O3S/c1-2-29(11-18-26-14-6-4-3-5-13(14)20(31)28-18)19(30)10-17-21(32)27-15-9-12(22(23,24)25)7-8-16(15)33-17/h3-9,17H,2,10-11H2,1H3,(H,27,32)(H,26,28,31). The van der Waals surface area contributed by atoms with E-state index in [-0.39, 0.29) is 30.1 Å². The van der Waals surface area contributed by atoms with Crippen molar-refractivity contribution in [3.63, 3.8) is 0 Å². The maximum atomic E-state index is 12.9. The van der Waals surface area contributed by atoms with Crippen molar-refractivity contribution >= 4 is 40.2 Å². The second kappa shape index (κ2) is 8.89. The lowest BCUT2D eigenvalue weighted by Crippen LogP contribution is -2.37. The summed E-state index contributed by atoms with van der Waals surface area (Å²) < 4.78 is 38.8. The van der Waals surface area contributed by atoms with Gasteiger partial charge in [-0.2, -0.15) is 13.2 Å². The molecule has 33 heavy (non-hydrogen) atoms. The molecule has 0 aliphatic carbocycles. The van der Waals surface area contributed by atoms with Crippen molar-refractivity contribution in [2.24, 2.45) is 0 Å². The number of rotatable bonds is 5. The van der Waals surface area contributed by atoms with Crippen molar-refractivity contribution < 1.29 is 22.8 Å². The van der Waals surface area contributed by atoms with Crippen LogP contribution in [0.3, 0.4) is 0 Å². The van der Waals surface area contributed by atoms with E-state index >= 15 is 0 Å². The maximum absolute atomic E-state index is 12.9. The molecular weight excluding hydrogens is 457 g/mol. The molecule has 2 aromatic carbocycles. The van der Waals surface area contributed by atoms with Gasteiger partial charge in [-0.15, -0.1) is 11.8 Å². The average Bonchev–Trinajstić information content (AvgIpc) is 2.77. The molecule has 1 aliphatic heterocycles. The number of aromatic amines is 1. The molecule has 0 spiro atoms. The molecule has 172 valence electrons. The number of aromatic nitrogens is 2. The van der Waals surface area contributed by atoms with E-state index in [1.165, 1.54) is 11.0 Å². The van der Waals surface area contributed by atoms with Gasteiger partial charge in [0.2, 0.25) is 11.8 Å². The first-order chi connectivity index (χ1) is 15.7. The zero-order valence-corrected chi connectivity index (χ0v) is 18.2. The minimum Gasteiger partial charge on any atom is -0.335 e. The summed E-state index contributed by atoms with van der Waals surface area (Å²) in [6, 6.07) is 9.98. The molecule has 4 rings (SSSR count). The third-order valence-electron chi connectivity index (χ3n) is 5.22. The van der Waals surface area contributed by atoms with E-state index < -0.39 is 22.9 Å². The Morgan fingerprint density at radius 2 is 1.94 bits per heavy atom. The molecule has 2 heterocycles. The van der Waals surface area contributed by atoms with E-state index in [1.807, 2.05) is 0 Å². The van der Waals surface area contributed by atoms with Crippen LogP contribution in [0.4, 0.5) is 18.9 Å². The van der Waals surface area contributed by atoms with Crippen LogP contribution in [-0.4, -0.2) is 38.5 Å². The summed E-state index contributed by atoms with van der Waals surface area (Å²) in [6.45, 7) is 2.14. The van der Waals surface area contributed by atoms with E-state index in [0.717, 1.165) is 23.9 Å². The number of fused-ring (bicyclic) bond motifs is 2. The lowest BCUT2D eigenvalue weighted by molar-refractivity contribution is -0.137. The summed E-state index contributed by atoms with van der Waals surface area (Å²) >= 11 is 1.05. The van der Waals surface area contributed by atoms with Crippen LogP contribution in [0.15, 0.2) is 52.2 Å². The second-order valence-electron chi connectivity index (χ2n) is 7.45. The minimum absolute atomic E-state index is 0.0555. The molecule has 2 amide bonds.